The molecular formula is C51H25F6N3O2. The molecule has 0 saturated carbocycles. The minimum Gasteiger partial charge on any atom is -0.455 e. The molecule has 5 nitrogen and oxygen atoms in total. The zero-order chi connectivity index (χ0) is 42.2. The minimum atomic E-state index is -5.18. The zero-order valence-corrected chi connectivity index (χ0v) is 31.9. The number of hydrogen-bond acceptors (Lipinski definition) is 3. The maximum absolute atomic E-state index is 15.1. The summed E-state index contributed by atoms with van der Waals surface area (Å²) in [5.41, 5.74) is 2.07. The number of fused-ring (bicyclic) bond motifs is 14. The first kappa shape index (κ1) is 35.9. The van der Waals surface area contributed by atoms with E-state index >= 15 is 13.2 Å². The zero-order valence-electron chi connectivity index (χ0n) is 31.9. The number of nitrogens with zero attached hydrogens (tertiary/aromatic N) is 3. The molecule has 0 saturated heterocycles. The molecule has 12 rings (SSSR count). The van der Waals surface area contributed by atoms with Gasteiger partial charge in [0, 0.05) is 32.3 Å². The van der Waals surface area contributed by atoms with Crippen LogP contribution in [0.4, 0.5) is 26.3 Å². The van der Waals surface area contributed by atoms with Gasteiger partial charge >= 0.3 is 12.4 Å². The number of benzene rings is 8. The Labute approximate surface area is 345 Å². The first-order valence-electron chi connectivity index (χ1n) is 19.5. The number of aromatic nitrogens is 2. The summed E-state index contributed by atoms with van der Waals surface area (Å²) in [6.07, 6.45) is -10.2. The molecule has 4 heterocycles. The Morgan fingerprint density at radius 1 is 0.452 bits per heavy atom. The third-order valence-corrected chi connectivity index (χ3v) is 12.0. The van der Waals surface area contributed by atoms with Crippen LogP contribution < -0.4 is 0 Å². The van der Waals surface area contributed by atoms with Crippen LogP contribution >= 0.6 is 0 Å². The average molecular weight is 826 g/mol. The van der Waals surface area contributed by atoms with Crippen molar-refractivity contribution in [1.82, 2.24) is 9.13 Å². The first-order chi connectivity index (χ1) is 30.0. The standard InChI is InChI=1S/C51H25F6N3O2/c52-50(53,54)28-17-18-29(37(25-28)51(55,56)57)27-23-42(59-38-13-5-1-11-34(38)46-40(59)21-19-32-30-9-3-7-15-44(30)61-48(32)46)36(26-58)43(24-27)60-39-14-6-2-12-35(39)47-41(60)22-20-33-31-10-4-8-16-45(31)62-49(33)47/h1-25H. The molecule has 62 heavy (non-hydrogen) atoms. The van der Waals surface area contributed by atoms with Crippen molar-refractivity contribution in [2.45, 2.75) is 12.4 Å². The van der Waals surface area contributed by atoms with E-state index in [-0.39, 0.29) is 28.6 Å². The number of alkyl halides is 6. The molecule has 0 amide bonds. The van der Waals surface area contributed by atoms with Crippen molar-refractivity contribution in [1.29, 1.82) is 5.26 Å². The molecule has 0 atom stereocenters. The molecule has 0 bridgehead atoms. The van der Waals surface area contributed by atoms with Gasteiger partial charge in [-0.3, -0.25) is 0 Å². The predicted molar refractivity (Wildman–Crippen MR) is 230 cm³/mol. The summed E-state index contributed by atoms with van der Waals surface area (Å²) >= 11 is 0. The van der Waals surface area contributed by atoms with E-state index in [0.29, 0.717) is 50.5 Å². The Morgan fingerprint density at radius 2 is 0.919 bits per heavy atom. The van der Waals surface area contributed by atoms with Crippen LogP contribution in [0.2, 0.25) is 0 Å². The summed E-state index contributed by atoms with van der Waals surface area (Å²) in [4.78, 5) is 0. The molecule has 4 aromatic heterocycles. The summed E-state index contributed by atoms with van der Waals surface area (Å²) in [5, 5.41) is 17.8. The highest BCUT2D eigenvalue weighted by atomic mass is 19.4. The van der Waals surface area contributed by atoms with E-state index in [2.05, 4.69) is 6.07 Å². The largest absolute Gasteiger partial charge is 0.455 e. The van der Waals surface area contributed by atoms with Crippen molar-refractivity contribution in [3.8, 4) is 28.6 Å². The lowest BCUT2D eigenvalue weighted by Crippen LogP contribution is -2.12. The van der Waals surface area contributed by atoms with E-state index in [4.69, 9.17) is 8.83 Å². The van der Waals surface area contributed by atoms with Gasteiger partial charge in [-0.05, 0) is 83.9 Å². The second-order valence-corrected chi connectivity index (χ2v) is 15.3. The lowest BCUT2D eigenvalue weighted by Gasteiger charge is -2.20. The van der Waals surface area contributed by atoms with Crippen molar-refractivity contribution in [2.24, 2.45) is 0 Å². The fourth-order valence-corrected chi connectivity index (χ4v) is 9.43. The number of rotatable bonds is 3. The van der Waals surface area contributed by atoms with Crippen LogP contribution in [0.15, 0.2) is 160 Å². The Kier molecular flexibility index (Phi) is 7.26. The number of nitriles is 1. The Bertz CT molecular complexity index is 3720. The van der Waals surface area contributed by atoms with Crippen molar-refractivity contribution in [3.63, 3.8) is 0 Å². The summed E-state index contributed by atoms with van der Waals surface area (Å²) in [6, 6.07) is 44.8. The highest BCUT2D eigenvalue weighted by Gasteiger charge is 2.39. The monoisotopic (exact) mass is 825 g/mol. The van der Waals surface area contributed by atoms with Gasteiger partial charge < -0.3 is 18.0 Å². The second-order valence-electron chi connectivity index (χ2n) is 15.3. The average Bonchev–Trinajstić information content (AvgIpc) is 4.02. The van der Waals surface area contributed by atoms with Gasteiger partial charge in [0.25, 0.3) is 0 Å². The van der Waals surface area contributed by atoms with Gasteiger partial charge in [0.1, 0.15) is 34.0 Å². The van der Waals surface area contributed by atoms with Crippen molar-refractivity contribution < 1.29 is 35.2 Å². The summed E-state index contributed by atoms with van der Waals surface area (Å²) in [6.45, 7) is 0. The maximum Gasteiger partial charge on any atom is 0.417 e. The van der Waals surface area contributed by atoms with E-state index in [9.17, 15) is 18.4 Å². The van der Waals surface area contributed by atoms with Gasteiger partial charge in [-0.15, -0.1) is 0 Å². The normalized spacial score (nSPS) is 12.7. The Balaban J connectivity index is 1.25. The molecule has 0 spiro atoms. The van der Waals surface area contributed by atoms with Crippen molar-refractivity contribution in [3.05, 3.63) is 168 Å². The van der Waals surface area contributed by atoms with Gasteiger partial charge in [-0.25, -0.2) is 0 Å². The van der Waals surface area contributed by atoms with Crippen LogP contribution in [0.1, 0.15) is 16.7 Å². The molecule has 12 aromatic rings. The van der Waals surface area contributed by atoms with E-state index in [0.717, 1.165) is 49.2 Å². The van der Waals surface area contributed by atoms with Crippen LogP contribution in [0.25, 0.3) is 110 Å². The van der Waals surface area contributed by atoms with Crippen LogP contribution in [-0.2, 0) is 12.4 Å². The van der Waals surface area contributed by atoms with Crippen molar-refractivity contribution >= 4 is 87.5 Å². The van der Waals surface area contributed by atoms with Gasteiger partial charge in [0.05, 0.1) is 55.3 Å². The number of para-hydroxylation sites is 4. The fraction of sp³-hybridized carbons (Fsp3) is 0.0392. The number of hydrogen-bond donors (Lipinski definition) is 0. The molecule has 0 aliphatic heterocycles. The van der Waals surface area contributed by atoms with Gasteiger partial charge in [0.2, 0.25) is 0 Å². The molecule has 11 heteroatoms. The number of halogens is 6. The van der Waals surface area contributed by atoms with E-state index in [1.165, 1.54) is 12.1 Å². The Hall–Kier alpha value is -7.97. The summed E-state index contributed by atoms with van der Waals surface area (Å²) < 4.78 is 104. The summed E-state index contributed by atoms with van der Waals surface area (Å²) in [5.74, 6) is 0. The van der Waals surface area contributed by atoms with Crippen LogP contribution in [0.3, 0.4) is 0 Å². The molecule has 0 aliphatic rings. The molecular weight excluding hydrogens is 801 g/mol. The topological polar surface area (TPSA) is 59.9 Å². The smallest absolute Gasteiger partial charge is 0.417 e. The SMILES string of the molecule is N#Cc1c(-n2c3ccccc3c3c4oc5ccccc5c4ccc32)cc(-c2ccc(C(F)(F)F)cc2C(F)(F)F)cc1-n1c2ccccc2c2c3oc4ccccc4c3ccc21. The van der Waals surface area contributed by atoms with Gasteiger partial charge in [0.15, 0.2) is 0 Å². The first-order valence-corrected chi connectivity index (χ1v) is 19.5. The molecule has 298 valence electrons. The summed E-state index contributed by atoms with van der Waals surface area (Å²) in [7, 11) is 0. The maximum atomic E-state index is 15.1. The fourth-order valence-electron chi connectivity index (χ4n) is 9.43. The predicted octanol–water partition coefficient (Wildman–Crippen LogP) is 15.3. The van der Waals surface area contributed by atoms with E-state index < -0.39 is 29.0 Å². The molecule has 0 radical (unpaired) electrons. The highest BCUT2D eigenvalue weighted by molar-refractivity contribution is 6.25. The molecule has 0 N–H and O–H groups in total. The van der Waals surface area contributed by atoms with Crippen LogP contribution in [-0.4, -0.2) is 9.13 Å². The second kappa shape index (κ2) is 12.5. The lowest BCUT2D eigenvalue weighted by atomic mass is 9.94. The quantitative estimate of drug-likeness (QED) is 0.167. The third-order valence-electron chi connectivity index (χ3n) is 12.0. The molecule has 0 aliphatic carbocycles. The Morgan fingerprint density at radius 3 is 1.39 bits per heavy atom. The highest BCUT2D eigenvalue weighted by Crippen LogP contribution is 2.47. The van der Waals surface area contributed by atoms with Crippen molar-refractivity contribution in [2.75, 3.05) is 0 Å². The van der Waals surface area contributed by atoms with Crippen LogP contribution in [0, 0.1) is 11.3 Å². The van der Waals surface area contributed by atoms with E-state index in [1.807, 2.05) is 130 Å². The van der Waals surface area contributed by atoms with E-state index in [1.54, 1.807) is 0 Å². The molecule has 0 fully saturated rings. The van der Waals surface area contributed by atoms with Crippen LogP contribution in [0.5, 0.6) is 0 Å². The molecule has 8 aromatic carbocycles. The van der Waals surface area contributed by atoms with Gasteiger partial charge in [-0.1, -0.05) is 78.9 Å². The third kappa shape index (κ3) is 4.97. The molecule has 0 unspecified atom stereocenters. The number of furan rings is 2. The minimum absolute atomic E-state index is 0.0541. The van der Waals surface area contributed by atoms with Gasteiger partial charge in [-0.2, -0.15) is 31.6 Å². The lowest BCUT2D eigenvalue weighted by molar-refractivity contribution is -0.142.